The second-order valence-electron chi connectivity index (χ2n) is 3.46. The molecule has 2 N–H and O–H groups in total. The monoisotopic (exact) mass is 174 g/mol. The predicted octanol–water partition coefficient (Wildman–Crippen LogP) is 0.156. The Morgan fingerprint density at radius 3 is 2.50 bits per heavy atom. The molecule has 3 nitrogen and oxygen atoms in total. The summed E-state index contributed by atoms with van der Waals surface area (Å²) in [7, 11) is 4.12. The number of nitrogens with one attached hydrogen (secondary N) is 1. The second-order valence-corrected chi connectivity index (χ2v) is 3.46. The average Bonchev–Trinajstić information content (AvgIpc) is 2.04. The van der Waals surface area contributed by atoms with Crippen LogP contribution in [-0.4, -0.2) is 50.3 Å². The normalized spacial score (nSPS) is 13.8. The number of rotatable bonds is 7. The number of aliphatic hydroxyl groups excluding tert-OH is 1. The molecule has 0 aliphatic carbocycles. The third kappa shape index (κ3) is 6.58. The molecule has 0 aromatic carbocycles. The van der Waals surface area contributed by atoms with Crippen molar-refractivity contribution in [3.05, 3.63) is 0 Å². The average molecular weight is 174 g/mol. The van der Waals surface area contributed by atoms with Crippen molar-refractivity contribution in [3.63, 3.8) is 0 Å². The minimum absolute atomic E-state index is 0.297. The van der Waals surface area contributed by atoms with E-state index in [0.717, 1.165) is 26.1 Å². The van der Waals surface area contributed by atoms with Crippen molar-refractivity contribution < 1.29 is 5.11 Å². The fourth-order valence-electron chi connectivity index (χ4n) is 0.947. The molecule has 0 bridgehead atoms. The van der Waals surface area contributed by atoms with E-state index in [1.54, 1.807) is 0 Å². The van der Waals surface area contributed by atoms with Crippen LogP contribution in [0.4, 0.5) is 0 Å². The van der Waals surface area contributed by atoms with Crippen LogP contribution < -0.4 is 5.32 Å². The summed E-state index contributed by atoms with van der Waals surface area (Å²) in [5.41, 5.74) is 0. The lowest BCUT2D eigenvalue weighted by Gasteiger charge is -2.14. The standard InChI is InChI=1S/C9H22N2O/c1-4-9(8-12)7-10-5-6-11(2)3/h9-10,12H,4-8H2,1-3H3. The van der Waals surface area contributed by atoms with Gasteiger partial charge >= 0.3 is 0 Å². The molecule has 74 valence electrons. The summed E-state index contributed by atoms with van der Waals surface area (Å²) in [6, 6.07) is 0. The number of hydrogen-bond acceptors (Lipinski definition) is 3. The molecule has 12 heavy (non-hydrogen) atoms. The molecule has 0 fully saturated rings. The van der Waals surface area contributed by atoms with Gasteiger partial charge in [0, 0.05) is 26.2 Å². The maximum absolute atomic E-state index is 8.88. The summed E-state index contributed by atoms with van der Waals surface area (Å²) in [6.07, 6.45) is 1.05. The van der Waals surface area contributed by atoms with Crippen molar-refractivity contribution in [1.82, 2.24) is 10.2 Å². The Kier molecular flexibility index (Phi) is 7.45. The lowest BCUT2D eigenvalue weighted by atomic mass is 10.1. The molecule has 0 aliphatic rings. The molecule has 0 spiro atoms. The molecule has 1 unspecified atom stereocenters. The zero-order valence-electron chi connectivity index (χ0n) is 8.51. The van der Waals surface area contributed by atoms with E-state index in [1.165, 1.54) is 0 Å². The predicted molar refractivity (Wildman–Crippen MR) is 52.3 cm³/mol. The van der Waals surface area contributed by atoms with Crippen LogP contribution in [0.15, 0.2) is 0 Å². The lowest BCUT2D eigenvalue weighted by Crippen LogP contribution is -2.31. The Bertz CT molecular complexity index is 92.5. The number of hydrogen-bond donors (Lipinski definition) is 2. The van der Waals surface area contributed by atoms with Gasteiger partial charge in [-0.25, -0.2) is 0 Å². The van der Waals surface area contributed by atoms with Gasteiger partial charge in [-0.3, -0.25) is 0 Å². The molecule has 0 amide bonds. The topological polar surface area (TPSA) is 35.5 Å². The highest BCUT2D eigenvalue weighted by Gasteiger charge is 2.02. The van der Waals surface area contributed by atoms with Crippen molar-refractivity contribution in [2.24, 2.45) is 5.92 Å². The van der Waals surface area contributed by atoms with Gasteiger partial charge in [-0.05, 0) is 26.4 Å². The van der Waals surface area contributed by atoms with Crippen molar-refractivity contribution >= 4 is 0 Å². The summed E-state index contributed by atoms with van der Waals surface area (Å²) in [6.45, 7) is 5.40. The maximum Gasteiger partial charge on any atom is 0.0471 e. The SMILES string of the molecule is CCC(CO)CNCCN(C)C. The molecule has 0 saturated heterocycles. The Balaban J connectivity index is 3.17. The summed E-state index contributed by atoms with van der Waals surface area (Å²) in [5.74, 6) is 0.423. The van der Waals surface area contributed by atoms with Crippen molar-refractivity contribution in [3.8, 4) is 0 Å². The summed E-state index contributed by atoms with van der Waals surface area (Å²) >= 11 is 0. The van der Waals surface area contributed by atoms with Crippen LogP contribution in [0, 0.1) is 5.92 Å². The van der Waals surface area contributed by atoms with Crippen LogP contribution >= 0.6 is 0 Å². The maximum atomic E-state index is 8.88. The third-order valence-corrected chi connectivity index (χ3v) is 2.00. The molecule has 0 heterocycles. The molecule has 1 atom stereocenters. The van der Waals surface area contributed by atoms with Gasteiger partial charge in [0.25, 0.3) is 0 Å². The molecule has 0 aliphatic heterocycles. The Morgan fingerprint density at radius 1 is 1.42 bits per heavy atom. The largest absolute Gasteiger partial charge is 0.396 e. The number of likely N-dealkylation sites (N-methyl/N-ethyl adjacent to an activating group) is 1. The van der Waals surface area contributed by atoms with E-state index in [4.69, 9.17) is 5.11 Å². The van der Waals surface area contributed by atoms with Crippen LogP contribution in [0.2, 0.25) is 0 Å². The first kappa shape index (κ1) is 11.9. The van der Waals surface area contributed by atoms with Gasteiger partial charge in [0.2, 0.25) is 0 Å². The first-order chi connectivity index (χ1) is 5.70. The van der Waals surface area contributed by atoms with Gasteiger partial charge in [-0.2, -0.15) is 0 Å². The van der Waals surface area contributed by atoms with E-state index in [9.17, 15) is 0 Å². The molecular weight excluding hydrogens is 152 g/mol. The van der Waals surface area contributed by atoms with Gasteiger partial charge in [-0.15, -0.1) is 0 Å². The second kappa shape index (κ2) is 7.53. The highest BCUT2D eigenvalue weighted by Crippen LogP contribution is 1.97. The van der Waals surface area contributed by atoms with Gasteiger partial charge in [0.05, 0.1) is 0 Å². The molecule has 0 rings (SSSR count). The lowest BCUT2D eigenvalue weighted by molar-refractivity contribution is 0.218. The first-order valence-electron chi connectivity index (χ1n) is 4.67. The van der Waals surface area contributed by atoms with E-state index < -0.39 is 0 Å². The van der Waals surface area contributed by atoms with Crippen LogP contribution in [0.25, 0.3) is 0 Å². The minimum Gasteiger partial charge on any atom is -0.396 e. The van der Waals surface area contributed by atoms with E-state index in [2.05, 4.69) is 31.2 Å². The van der Waals surface area contributed by atoms with Crippen molar-refractivity contribution in [2.45, 2.75) is 13.3 Å². The number of aliphatic hydroxyl groups is 1. The summed E-state index contributed by atoms with van der Waals surface area (Å²) in [5, 5.41) is 12.2. The third-order valence-electron chi connectivity index (χ3n) is 2.00. The molecule has 0 aromatic heterocycles. The fourth-order valence-corrected chi connectivity index (χ4v) is 0.947. The Morgan fingerprint density at radius 2 is 2.08 bits per heavy atom. The van der Waals surface area contributed by atoms with Crippen LogP contribution in [0.3, 0.4) is 0 Å². The van der Waals surface area contributed by atoms with Crippen LogP contribution in [0.1, 0.15) is 13.3 Å². The smallest absolute Gasteiger partial charge is 0.0471 e. The van der Waals surface area contributed by atoms with E-state index in [-0.39, 0.29) is 0 Å². The first-order valence-corrected chi connectivity index (χ1v) is 4.67. The van der Waals surface area contributed by atoms with Gasteiger partial charge in [-0.1, -0.05) is 6.92 Å². The molecule has 3 heteroatoms. The Labute approximate surface area is 75.8 Å². The fraction of sp³-hybridized carbons (Fsp3) is 1.00. The summed E-state index contributed by atoms with van der Waals surface area (Å²) in [4.78, 5) is 2.15. The van der Waals surface area contributed by atoms with Crippen molar-refractivity contribution in [2.75, 3.05) is 40.3 Å². The zero-order chi connectivity index (χ0) is 9.40. The zero-order valence-corrected chi connectivity index (χ0v) is 8.51. The van der Waals surface area contributed by atoms with E-state index in [0.29, 0.717) is 12.5 Å². The molecular formula is C9H22N2O. The van der Waals surface area contributed by atoms with Crippen molar-refractivity contribution in [1.29, 1.82) is 0 Å². The summed E-state index contributed by atoms with van der Waals surface area (Å²) < 4.78 is 0. The molecule has 0 saturated carbocycles. The number of nitrogens with zero attached hydrogens (tertiary/aromatic N) is 1. The van der Waals surface area contributed by atoms with Gasteiger partial charge in [0.1, 0.15) is 0 Å². The van der Waals surface area contributed by atoms with Gasteiger partial charge < -0.3 is 15.3 Å². The van der Waals surface area contributed by atoms with E-state index in [1.807, 2.05) is 0 Å². The highest BCUT2D eigenvalue weighted by atomic mass is 16.3. The molecule has 0 aromatic rings. The van der Waals surface area contributed by atoms with Crippen LogP contribution in [0.5, 0.6) is 0 Å². The van der Waals surface area contributed by atoms with E-state index >= 15 is 0 Å². The van der Waals surface area contributed by atoms with Gasteiger partial charge in [0.15, 0.2) is 0 Å². The quantitative estimate of drug-likeness (QED) is 0.540. The minimum atomic E-state index is 0.297. The Hall–Kier alpha value is -0.120. The van der Waals surface area contributed by atoms with Crippen LogP contribution in [-0.2, 0) is 0 Å². The highest BCUT2D eigenvalue weighted by molar-refractivity contribution is 4.59. The molecule has 0 radical (unpaired) electrons.